The molecule has 3 rings (SSSR count). The SMILES string of the molecule is C[C@H](C(=O)NC1CCCCC1)N(Cc1ccccc1F)C(=O)Cc1ccccc1Cl. The summed E-state index contributed by atoms with van der Waals surface area (Å²) in [6, 6.07) is 12.9. The fourth-order valence-corrected chi connectivity index (χ4v) is 4.07. The highest BCUT2D eigenvalue weighted by Gasteiger charge is 2.29. The van der Waals surface area contributed by atoms with Crippen molar-refractivity contribution in [1.29, 1.82) is 0 Å². The molecule has 0 aliphatic heterocycles. The Kier molecular flexibility index (Phi) is 7.86. The number of carbonyl (C=O) groups excluding carboxylic acids is 2. The van der Waals surface area contributed by atoms with Crippen molar-refractivity contribution in [2.45, 2.75) is 64.1 Å². The molecule has 1 atom stereocenters. The summed E-state index contributed by atoms with van der Waals surface area (Å²) in [5.74, 6) is -0.865. The maximum Gasteiger partial charge on any atom is 0.242 e. The number of nitrogens with one attached hydrogen (secondary N) is 1. The first-order valence-electron chi connectivity index (χ1n) is 10.5. The second-order valence-corrected chi connectivity index (χ2v) is 8.31. The van der Waals surface area contributed by atoms with E-state index in [1.54, 1.807) is 43.3 Å². The highest BCUT2D eigenvalue weighted by molar-refractivity contribution is 6.31. The summed E-state index contributed by atoms with van der Waals surface area (Å²) >= 11 is 6.22. The third-order valence-electron chi connectivity index (χ3n) is 5.72. The van der Waals surface area contributed by atoms with Gasteiger partial charge in [0.2, 0.25) is 11.8 Å². The molecule has 6 heteroatoms. The van der Waals surface area contributed by atoms with Gasteiger partial charge in [-0.3, -0.25) is 9.59 Å². The van der Waals surface area contributed by atoms with Crippen LogP contribution >= 0.6 is 11.6 Å². The fourth-order valence-electron chi connectivity index (χ4n) is 3.87. The topological polar surface area (TPSA) is 49.4 Å². The lowest BCUT2D eigenvalue weighted by Crippen LogP contribution is -2.50. The van der Waals surface area contributed by atoms with Crippen LogP contribution in [-0.2, 0) is 22.6 Å². The van der Waals surface area contributed by atoms with E-state index in [1.165, 1.54) is 17.4 Å². The molecule has 0 radical (unpaired) electrons. The van der Waals surface area contributed by atoms with E-state index < -0.39 is 11.9 Å². The molecule has 2 aromatic rings. The molecule has 0 heterocycles. The molecule has 0 unspecified atom stereocenters. The van der Waals surface area contributed by atoms with E-state index in [2.05, 4.69) is 5.32 Å². The van der Waals surface area contributed by atoms with E-state index in [0.29, 0.717) is 16.1 Å². The molecule has 0 bridgehead atoms. The van der Waals surface area contributed by atoms with Crippen LogP contribution in [0, 0.1) is 5.82 Å². The molecule has 160 valence electrons. The summed E-state index contributed by atoms with van der Waals surface area (Å²) in [7, 11) is 0. The van der Waals surface area contributed by atoms with Gasteiger partial charge in [-0.15, -0.1) is 0 Å². The maximum absolute atomic E-state index is 14.3. The first-order valence-corrected chi connectivity index (χ1v) is 10.9. The monoisotopic (exact) mass is 430 g/mol. The van der Waals surface area contributed by atoms with Crippen molar-refractivity contribution in [3.63, 3.8) is 0 Å². The zero-order valence-corrected chi connectivity index (χ0v) is 18.0. The Morgan fingerprint density at radius 1 is 1.07 bits per heavy atom. The van der Waals surface area contributed by atoms with Crippen LogP contribution in [0.4, 0.5) is 4.39 Å². The lowest BCUT2D eigenvalue weighted by molar-refractivity contribution is -0.140. The van der Waals surface area contributed by atoms with Crippen LogP contribution in [0.2, 0.25) is 5.02 Å². The Bertz CT molecular complexity index is 883. The standard InChI is InChI=1S/C24H28ClFN2O2/c1-17(24(30)27-20-11-3-2-4-12-20)28(16-19-10-6-8-14-22(19)26)23(29)15-18-9-5-7-13-21(18)25/h5-10,13-14,17,20H,2-4,11-12,15-16H2,1H3,(H,27,30)/t17-/m1/s1. The van der Waals surface area contributed by atoms with E-state index in [4.69, 9.17) is 11.6 Å². The van der Waals surface area contributed by atoms with Gasteiger partial charge in [0.1, 0.15) is 11.9 Å². The van der Waals surface area contributed by atoms with Gasteiger partial charge in [0.05, 0.1) is 6.42 Å². The predicted octanol–water partition coefficient (Wildman–Crippen LogP) is 4.89. The number of halogens is 2. The third kappa shape index (κ3) is 5.82. The van der Waals surface area contributed by atoms with E-state index in [0.717, 1.165) is 25.7 Å². The molecule has 2 aromatic carbocycles. The first kappa shape index (κ1) is 22.3. The second kappa shape index (κ2) is 10.6. The van der Waals surface area contributed by atoms with E-state index in [9.17, 15) is 14.0 Å². The van der Waals surface area contributed by atoms with Gasteiger partial charge in [0, 0.05) is 23.2 Å². The molecule has 0 spiro atoms. The van der Waals surface area contributed by atoms with Gasteiger partial charge in [-0.05, 0) is 37.5 Å². The second-order valence-electron chi connectivity index (χ2n) is 7.90. The minimum absolute atomic E-state index is 0.0230. The van der Waals surface area contributed by atoms with Crippen LogP contribution in [0.3, 0.4) is 0 Å². The highest BCUT2D eigenvalue weighted by atomic mass is 35.5. The summed E-state index contributed by atoms with van der Waals surface area (Å²) in [5, 5.41) is 3.57. The van der Waals surface area contributed by atoms with E-state index in [1.807, 2.05) is 6.07 Å². The van der Waals surface area contributed by atoms with Crippen LogP contribution in [0.1, 0.15) is 50.2 Å². The molecule has 1 aliphatic carbocycles. The smallest absolute Gasteiger partial charge is 0.242 e. The first-order chi connectivity index (χ1) is 14.5. The van der Waals surface area contributed by atoms with Crippen molar-refractivity contribution in [2.75, 3.05) is 0 Å². The zero-order valence-electron chi connectivity index (χ0n) is 17.2. The van der Waals surface area contributed by atoms with Crippen molar-refractivity contribution in [3.8, 4) is 0 Å². The molecule has 1 aliphatic rings. The van der Waals surface area contributed by atoms with Gasteiger partial charge >= 0.3 is 0 Å². The number of carbonyl (C=O) groups is 2. The molecule has 4 nitrogen and oxygen atoms in total. The Morgan fingerprint density at radius 3 is 2.37 bits per heavy atom. The van der Waals surface area contributed by atoms with Gasteiger partial charge < -0.3 is 10.2 Å². The average Bonchev–Trinajstić information content (AvgIpc) is 2.75. The molecule has 0 saturated heterocycles. The Balaban J connectivity index is 1.78. The molecule has 1 fully saturated rings. The molecule has 0 aromatic heterocycles. The minimum Gasteiger partial charge on any atom is -0.352 e. The normalized spacial score (nSPS) is 15.4. The molecule has 2 amide bonds. The van der Waals surface area contributed by atoms with Gasteiger partial charge in [-0.25, -0.2) is 4.39 Å². The Labute approximate surface area is 182 Å². The summed E-state index contributed by atoms with van der Waals surface area (Å²) in [5.41, 5.74) is 1.06. The van der Waals surface area contributed by atoms with Crippen molar-refractivity contribution in [2.24, 2.45) is 0 Å². The number of benzene rings is 2. The van der Waals surface area contributed by atoms with Gasteiger partial charge in [0.25, 0.3) is 0 Å². The quantitative estimate of drug-likeness (QED) is 0.680. The van der Waals surface area contributed by atoms with Gasteiger partial charge in [-0.2, -0.15) is 0 Å². The fraction of sp³-hybridized carbons (Fsp3) is 0.417. The number of hydrogen-bond acceptors (Lipinski definition) is 2. The molecular weight excluding hydrogens is 403 g/mol. The lowest BCUT2D eigenvalue weighted by Gasteiger charge is -2.31. The summed E-state index contributed by atoms with van der Waals surface area (Å²) in [4.78, 5) is 27.6. The van der Waals surface area contributed by atoms with Crippen LogP contribution < -0.4 is 5.32 Å². The Hall–Kier alpha value is -2.40. The zero-order chi connectivity index (χ0) is 21.5. The highest BCUT2D eigenvalue weighted by Crippen LogP contribution is 2.21. The molecular formula is C24H28ClFN2O2. The lowest BCUT2D eigenvalue weighted by atomic mass is 9.95. The summed E-state index contributed by atoms with van der Waals surface area (Å²) < 4.78 is 14.3. The Morgan fingerprint density at radius 2 is 1.70 bits per heavy atom. The average molecular weight is 431 g/mol. The van der Waals surface area contributed by atoms with E-state index in [-0.39, 0.29) is 30.8 Å². The molecule has 30 heavy (non-hydrogen) atoms. The van der Waals surface area contributed by atoms with Crippen molar-refractivity contribution in [3.05, 3.63) is 70.5 Å². The third-order valence-corrected chi connectivity index (χ3v) is 6.09. The number of nitrogens with zero attached hydrogens (tertiary/aromatic N) is 1. The largest absolute Gasteiger partial charge is 0.352 e. The van der Waals surface area contributed by atoms with Crippen molar-refractivity contribution >= 4 is 23.4 Å². The minimum atomic E-state index is -0.721. The summed E-state index contributed by atoms with van der Waals surface area (Å²) in [6.45, 7) is 1.72. The molecule has 1 N–H and O–H groups in total. The van der Waals surface area contributed by atoms with Gasteiger partial charge in [0.15, 0.2) is 0 Å². The maximum atomic E-state index is 14.3. The van der Waals surface area contributed by atoms with Crippen LogP contribution in [0.15, 0.2) is 48.5 Å². The van der Waals surface area contributed by atoms with Crippen LogP contribution in [0.25, 0.3) is 0 Å². The molecule has 1 saturated carbocycles. The van der Waals surface area contributed by atoms with Crippen LogP contribution in [-0.4, -0.2) is 28.8 Å². The number of rotatable bonds is 7. The predicted molar refractivity (Wildman–Crippen MR) is 117 cm³/mol. The van der Waals surface area contributed by atoms with Crippen LogP contribution in [0.5, 0.6) is 0 Å². The van der Waals surface area contributed by atoms with Crippen molar-refractivity contribution in [1.82, 2.24) is 10.2 Å². The number of hydrogen-bond donors (Lipinski definition) is 1. The summed E-state index contributed by atoms with van der Waals surface area (Å²) in [6.07, 6.45) is 5.36. The van der Waals surface area contributed by atoms with E-state index >= 15 is 0 Å². The number of amides is 2. The van der Waals surface area contributed by atoms with Gasteiger partial charge in [-0.1, -0.05) is 67.3 Å². The van der Waals surface area contributed by atoms with Crippen molar-refractivity contribution < 1.29 is 14.0 Å².